The monoisotopic (exact) mass is 256 g/mol. The lowest BCUT2D eigenvalue weighted by molar-refractivity contribution is -0.148. The largest absolute Gasteiger partial charge is 0.486 e. The third-order valence-corrected chi connectivity index (χ3v) is 2.12. The first kappa shape index (κ1) is 13.1. The Balaban J connectivity index is 2.68. The molecule has 0 saturated carbocycles. The first-order chi connectivity index (χ1) is 7.33. The Morgan fingerprint density at radius 2 is 2.00 bits per heavy atom. The molecule has 0 aliphatic heterocycles. The Kier molecular flexibility index (Phi) is 4.02. The summed E-state index contributed by atoms with van der Waals surface area (Å²) in [6, 6.07) is 4.44. The maximum atomic E-state index is 12.5. The highest BCUT2D eigenvalue weighted by Crippen LogP contribution is 2.28. The maximum absolute atomic E-state index is 12.5. The van der Waals surface area contributed by atoms with Crippen molar-refractivity contribution in [1.82, 2.24) is 0 Å². The quantitative estimate of drug-likeness (QED) is 0.742. The van der Waals surface area contributed by atoms with Crippen LogP contribution in [0.5, 0.6) is 5.75 Å². The molecule has 0 fully saturated rings. The van der Waals surface area contributed by atoms with Crippen molar-refractivity contribution in [2.45, 2.75) is 19.3 Å². The van der Waals surface area contributed by atoms with E-state index in [4.69, 9.17) is 11.6 Å². The second-order valence-corrected chi connectivity index (χ2v) is 3.69. The second kappa shape index (κ2) is 4.91. The van der Waals surface area contributed by atoms with Gasteiger partial charge in [0.1, 0.15) is 5.75 Å². The molecule has 0 N–H and O–H groups in total. The van der Waals surface area contributed by atoms with Crippen molar-refractivity contribution < 1.29 is 22.3 Å². The molecule has 0 amide bonds. The highest BCUT2D eigenvalue weighted by Gasteiger charge is 2.41. The zero-order valence-electron chi connectivity index (χ0n) is 8.31. The molecule has 0 heterocycles. The van der Waals surface area contributed by atoms with Gasteiger partial charge in [0.05, 0.1) is 5.02 Å². The van der Waals surface area contributed by atoms with Gasteiger partial charge in [0.25, 0.3) is 0 Å². The van der Waals surface area contributed by atoms with Crippen LogP contribution in [0.4, 0.5) is 17.6 Å². The van der Waals surface area contributed by atoms with Gasteiger partial charge in [0.15, 0.2) is 6.61 Å². The SMILES string of the molecule is Cc1ccc(OCC(F)(F)C(F)F)c(Cl)c1. The minimum absolute atomic E-state index is 0.0346. The maximum Gasteiger partial charge on any atom is 0.340 e. The summed E-state index contributed by atoms with van der Waals surface area (Å²) < 4.78 is 53.2. The Labute approximate surface area is 95.0 Å². The molecule has 1 rings (SSSR count). The van der Waals surface area contributed by atoms with Crippen LogP contribution in [0.25, 0.3) is 0 Å². The zero-order valence-corrected chi connectivity index (χ0v) is 9.07. The summed E-state index contributed by atoms with van der Waals surface area (Å²) in [4.78, 5) is 0. The number of ether oxygens (including phenoxy) is 1. The van der Waals surface area contributed by atoms with E-state index in [9.17, 15) is 17.6 Å². The number of hydrogen-bond acceptors (Lipinski definition) is 1. The third kappa shape index (κ3) is 3.27. The third-order valence-electron chi connectivity index (χ3n) is 1.83. The van der Waals surface area contributed by atoms with Gasteiger partial charge in [-0.15, -0.1) is 0 Å². The van der Waals surface area contributed by atoms with E-state index >= 15 is 0 Å². The van der Waals surface area contributed by atoms with Crippen LogP contribution in [-0.4, -0.2) is 19.0 Å². The smallest absolute Gasteiger partial charge is 0.340 e. The van der Waals surface area contributed by atoms with Crippen LogP contribution >= 0.6 is 11.6 Å². The van der Waals surface area contributed by atoms with Gasteiger partial charge >= 0.3 is 12.3 Å². The van der Waals surface area contributed by atoms with E-state index < -0.39 is 19.0 Å². The number of halogens is 5. The summed E-state index contributed by atoms with van der Waals surface area (Å²) >= 11 is 5.68. The highest BCUT2D eigenvalue weighted by atomic mass is 35.5. The minimum atomic E-state index is -4.17. The van der Waals surface area contributed by atoms with Crippen molar-refractivity contribution in [3.8, 4) is 5.75 Å². The molecule has 6 heteroatoms. The molecule has 16 heavy (non-hydrogen) atoms. The molecule has 1 aromatic rings. The molecule has 0 aliphatic carbocycles. The molecular weight excluding hydrogens is 248 g/mol. The molecule has 0 saturated heterocycles. The summed E-state index contributed by atoms with van der Waals surface area (Å²) in [7, 11) is 0. The van der Waals surface area contributed by atoms with Gasteiger partial charge in [-0.1, -0.05) is 17.7 Å². The molecule has 1 aromatic carbocycles. The molecule has 0 radical (unpaired) electrons. The average molecular weight is 257 g/mol. The fourth-order valence-corrected chi connectivity index (χ4v) is 1.25. The van der Waals surface area contributed by atoms with Crippen molar-refractivity contribution in [3.05, 3.63) is 28.8 Å². The molecule has 90 valence electrons. The van der Waals surface area contributed by atoms with Crippen LogP contribution in [0, 0.1) is 6.92 Å². The van der Waals surface area contributed by atoms with Crippen LogP contribution in [0.1, 0.15) is 5.56 Å². The summed E-state index contributed by atoms with van der Waals surface area (Å²) in [6.45, 7) is 0.358. The number of aryl methyl sites for hydroxylation is 1. The number of hydrogen-bond donors (Lipinski definition) is 0. The normalized spacial score (nSPS) is 11.9. The minimum Gasteiger partial charge on any atom is -0.486 e. The van der Waals surface area contributed by atoms with Crippen LogP contribution in [-0.2, 0) is 0 Å². The summed E-state index contributed by atoms with van der Waals surface area (Å²) in [5.74, 6) is -4.21. The van der Waals surface area contributed by atoms with E-state index in [1.165, 1.54) is 12.1 Å². The zero-order chi connectivity index (χ0) is 12.3. The van der Waals surface area contributed by atoms with Crippen molar-refractivity contribution in [1.29, 1.82) is 0 Å². The molecule has 0 aliphatic rings. The molecule has 0 bridgehead atoms. The van der Waals surface area contributed by atoms with Gasteiger partial charge in [-0.2, -0.15) is 8.78 Å². The van der Waals surface area contributed by atoms with Gasteiger partial charge in [0.2, 0.25) is 0 Å². The van der Waals surface area contributed by atoms with E-state index in [-0.39, 0.29) is 10.8 Å². The Morgan fingerprint density at radius 1 is 1.38 bits per heavy atom. The molecular formula is C10H9ClF4O. The Hall–Kier alpha value is -0.970. The molecule has 1 nitrogen and oxygen atoms in total. The molecule has 0 atom stereocenters. The van der Waals surface area contributed by atoms with Gasteiger partial charge in [0, 0.05) is 0 Å². The summed E-state index contributed by atoms with van der Waals surface area (Å²) in [5.41, 5.74) is 0.818. The van der Waals surface area contributed by atoms with Crippen molar-refractivity contribution in [2.75, 3.05) is 6.61 Å². The Bertz CT molecular complexity index is 368. The molecule has 0 spiro atoms. The molecule has 0 aromatic heterocycles. The lowest BCUT2D eigenvalue weighted by Crippen LogP contribution is -2.33. The van der Waals surface area contributed by atoms with Gasteiger partial charge in [-0.25, -0.2) is 8.78 Å². The van der Waals surface area contributed by atoms with Crippen LogP contribution in [0.2, 0.25) is 5.02 Å². The van der Waals surface area contributed by atoms with Gasteiger partial charge in [-0.3, -0.25) is 0 Å². The van der Waals surface area contributed by atoms with E-state index in [2.05, 4.69) is 4.74 Å². The van der Waals surface area contributed by atoms with Crippen LogP contribution < -0.4 is 4.74 Å². The van der Waals surface area contributed by atoms with Crippen molar-refractivity contribution in [3.63, 3.8) is 0 Å². The Morgan fingerprint density at radius 3 is 2.50 bits per heavy atom. The molecule has 0 unspecified atom stereocenters. The van der Waals surface area contributed by atoms with E-state index in [1.54, 1.807) is 13.0 Å². The predicted octanol–water partition coefficient (Wildman–Crippen LogP) is 3.93. The fraction of sp³-hybridized carbons (Fsp3) is 0.400. The predicted molar refractivity (Wildman–Crippen MR) is 52.6 cm³/mol. The second-order valence-electron chi connectivity index (χ2n) is 3.28. The van der Waals surface area contributed by atoms with E-state index in [1.807, 2.05) is 0 Å². The van der Waals surface area contributed by atoms with E-state index in [0.29, 0.717) is 0 Å². The topological polar surface area (TPSA) is 9.23 Å². The standard InChI is InChI=1S/C10H9ClF4O/c1-6-2-3-8(7(11)4-6)16-5-10(14,15)9(12)13/h2-4,9H,5H2,1H3. The number of rotatable bonds is 4. The highest BCUT2D eigenvalue weighted by molar-refractivity contribution is 6.32. The average Bonchev–Trinajstić information content (AvgIpc) is 2.16. The number of benzene rings is 1. The van der Waals surface area contributed by atoms with E-state index in [0.717, 1.165) is 5.56 Å². The summed E-state index contributed by atoms with van der Waals surface area (Å²) in [6.07, 6.45) is -3.75. The lowest BCUT2D eigenvalue weighted by Gasteiger charge is -2.16. The van der Waals surface area contributed by atoms with Crippen LogP contribution in [0.3, 0.4) is 0 Å². The summed E-state index contributed by atoms with van der Waals surface area (Å²) in [5, 5.41) is 0.116. The number of alkyl halides is 4. The fourth-order valence-electron chi connectivity index (χ4n) is 0.960. The lowest BCUT2D eigenvalue weighted by atomic mass is 10.2. The first-order valence-electron chi connectivity index (χ1n) is 4.38. The van der Waals surface area contributed by atoms with Gasteiger partial charge < -0.3 is 4.74 Å². The van der Waals surface area contributed by atoms with Gasteiger partial charge in [-0.05, 0) is 24.6 Å². The van der Waals surface area contributed by atoms with Crippen molar-refractivity contribution in [2.24, 2.45) is 0 Å². The van der Waals surface area contributed by atoms with Crippen LogP contribution in [0.15, 0.2) is 18.2 Å². The van der Waals surface area contributed by atoms with Crippen molar-refractivity contribution >= 4 is 11.6 Å². The first-order valence-corrected chi connectivity index (χ1v) is 4.75.